The number of amidine groups is 1. The van der Waals surface area contributed by atoms with Crippen molar-refractivity contribution in [2.45, 2.75) is 32.8 Å². The van der Waals surface area contributed by atoms with Gasteiger partial charge >= 0.3 is 0 Å². The van der Waals surface area contributed by atoms with Crippen molar-refractivity contribution in [3.63, 3.8) is 0 Å². The Morgan fingerprint density at radius 1 is 1.10 bits per heavy atom. The molecule has 1 aliphatic heterocycles. The Morgan fingerprint density at radius 3 is 2.42 bits per heavy atom. The molecule has 2 N–H and O–H groups in total. The Morgan fingerprint density at radius 2 is 1.81 bits per heavy atom. The maximum atomic E-state index is 10.2. The molecule has 0 saturated heterocycles. The molecule has 0 spiro atoms. The first-order chi connectivity index (χ1) is 15.1. The molecule has 164 valence electrons. The van der Waals surface area contributed by atoms with Crippen LogP contribution in [0.2, 0.25) is 0 Å². The number of ether oxygens (including phenoxy) is 1. The van der Waals surface area contributed by atoms with Crippen molar-refractivity contribution >= 4 is 5.84 Å². The highest BCUT2D eigenvalue weighted by Crippen LogP contribution is 2.12. The van der Waals surface area contributed by atoms with Crippen molar-refractivity contribution in [3.8, 4) is 5.75 Å². The second-order valence-corrected chi connectivity index (χ2v) is 7.53. The Balaban J connectivity index is 0.000000287. The first kappa shape index (κ1) is 22.6. The summed E-state index contributed by atoms with van der Waals surface area (Å²) in [5.74, 6) is 2.91. The monoisotopic (exact) mass is 420 g/mol. The van der Waals surface area contributed by atoms with Crippen LogP contribution in [0.15, 0.2) is 71.9 Å². The molecule has 1 unspecified atom stereocenters. The number of β-amino-alcohol motifs (C(OH)–C–C–N with tert-alkyl or cyclic N) is 1. The van der Waals surface area contributed by atoms with E-state index in [2.05, 4.69) is 38.9 Å². The summed E-state index contributed by atoms with van der Waals surface area (Å²) in [6.45, 7) is 6.57. The van der Waals surface area contributed by atoms with Crippen molar-refractivity contribution in [2.24, 2.45) is 4.99 Å². The number of rotatable bonds is 8. The Hall–Kier alpha value is -3.12. The number of imidazole rings is 1. The Labute approximate surface area is 184 Å². The summed E-state index contributed by atoms with van der Waals surface area (Å²) in [7, 11) is 0. The van der Waals surface area contributed by atoms with Crippen molar-refractivity contribution in [1.82, 2.24) is 14.9 Å². The van der Waals surface area contributed by atoms with Gasteiger partial charge in [0.15, 0.2) is 0 Å². The molecule has 1 aliphatic rings. The number of aryl methyl sites for hydroxylation is 2. The minimum absolute atomic E-state index is 0.291. The second-order valence-electron chi connectivity index (χ2n) is 7.53. The van der Waals surface area contributed by atoms with Gasteiger partial charge < -0.3 is 19.7 Å². The molecule has 2 aromatic carbocycles. The molecule has 1 atom stereocenters. The van der Waals surface area contributed by atoms with Crippen molar-refractivity contribution in [1.29, 1.82) is 0 Å². The van der Waals surface area contributed by atoms with E-state index in [0.29, 0.717) is 13.2 Å². The van der Waals surface area contributed by atoms with E-state index in [4.69, 9.17) is 4.74 Å². The fraction of sp³-hybridized carbons (Fsp3) is 0.360. The number of aliphatic hydroxyl groups is 1. The highest BCUT2D eigenvalue weighted by molar-refractivity contribution is 5.85. The van der Waals surface area contributed by atoms with Gasteiger partial charge in [-0.1, -0.05) is 55.5 Å². The number of aliphatic imine (C=N–C) groups is 1. The number of hydrogen-bond acceptors (Lipinski definition) is 5. The fourth-order valence-electron chi connectivity index (χ4n) is 3.33. The van der Waals surface area contributed by atoms with Gasteiger partial charge in [-0.2, -0.15) is 0 Å². The van der Waals surface area contributed by atoms with Gasteiger partial charge in [0.2, 0.25) is 0 Å². The average Bonchev–Trinajstić information content (AvgIpc) is 3.42. The lowest BCUT2D eigenvalue weighted by atomic mass is 10.1. The van der Waals surface area contributed by atoms with Crippen LogP contribution in [-0.4, -0.2) is 58.2 Å². The number of aromatic nitrogens is 2. The normalized spacial score (nSPS) is 13.9. The van der Waals surface area contributed by atoms with Crippen LogP contribution in [0.25, 0.3) is 0 Å². The maximum Gasteiger partial charge on any atom is 0.119 e. The van der Waals surface area contributed by atoms with Crippen molar-refractivity contribution < 1.29 is 9.84 Å². The molecule has 0 amide bonds. The Bertz CT molecular complexity index is 925. The molecule has 2 heterocycles. The third-order valence-corrected chi connectivity index (χ3v) is 4.94. The Kier molecular flexibility index (Phi) is 8.67. The predicted molar refractivity (Wildman–Crippen MR) is 125 cm³/mol. The lowest BCUT2D eigenvalue weighted by molar-refractivity contribution is 0.0886. The third-order valence-electron chi connectivity index (χ3n) is 4.94. The summed E-state index contributed by atoms with van der Waals surface area (Å²) < 4.78 is 5.62. The maximum absolute atomic E-state index is 10.2. The van der Waals surface area contributed by atoms with Crippen LogP contribution in [0.1, 0.15) is 24.0 Å². The molecular formula is C25H32N4O2. The topological polar surface area (TPSA) is 73.7 Å². The van der Waals surface area contributed by atoms with Crippen LogP contribution >= 0.6 is 0 Å². The molecule has 0 bridgehead atoms. The SMILES string of the molecule is CCc1nc(C)c[nH]1.OC(COc1ccccc1)CN1CCN=C1Cc1ccccc1. The van der Waals surface area contributed by atoms with E-state index in [-0.39, 0.29) is 0 Å². The largest absolute Gasteiger partial charge is 0.491 e. The van der Waals surface area contributed by atoms with Crippen LogP contribution < -0.4 is 4.74 Å². The number of nitrogens with zero attached hydrogens (tertiary/aromatic N) is 3. The smallest absolute Gasteiger partial charge is 0.119 e. The first-order valence-corrected chi connectivity index (χ1v) is 10.8. The summed E-state index contributed by atoms with van der Waals surface area (Å²) in [5.41, 5.74) is 2.31. The summed E-state index contributed by atoms with van der Waals surface area (Å²) in [6, 6.07) is 19.9. The summed E-state index contributed by atoms with van der Waals surface area (Å²) in [6.07, 6.45) is 3.19. The standard InChI is InChI=1S/C19H22N2O2.C6H10N2/c22-17(15-23-18-9-5-2-6-10-18)14-21-12-11-20-19(21)13-16-7-3-1-4-8-16;1-3-6-7-4-5(2)8-6/h1-10,17,22H,11-15H2;4H,3H2,1-2H3,(H,7,8). The minimum Gasteiger partial charge on any atom is -0.491 e. The van der Waals surface area contributed by atoms with Crippen LogP contribution in [0.4, 0.5) is 0 Å². The zero-order chi connectivity index (χ0) is 21.9. The highest BCUT2D eigenvalue weighted by Gasteiger charge is 2.20. The van der Waals surface area contributed by atoms with E-state index in [1.165, 1.54) is 5.56 Å². The first-order valence-electron chi connectivity index (χ1n) is 10.8. The highest BCUT2D eigenvalue weighted by atomic mass is 16.5. The number of aromatic amines is 1. The number of benzene rings is 2. The van der Waals surface area contributed by atoms with E-state index in [1.807, 2.05) is 61.7 Å². The summed E-state index contributed by atoms with van der Waals surface area (Å²) in [4.78, 5) is 14.0. The van der Waals surface area contributed by atoms with Crippen molar-refractivity contribution in [2.75, 3.05) is 26.2 Å². The van der Waals surface area contributed by atoms with Crippen LogP contribution in [0.3, 0.4) is 0 Å². The number of H-pyrrole nitrogens is 1. The number of hydrogen-bond donors (Lipinski definition) is 2. The number of aliphatic hydroxyl groups excluding tert-OH is 1. The van der Waals surface area contributed by atoms with Gasteiger partial charge in [-0.3, -0.25) is 4.99 Å². The van der Waals surface area contributed by atoms with Crippen molar-refractivity contribution in [3.05, 3.63) is 83.9 Å². The predicted octanol–water partition coefficient (Wildman–Crippen LogP) is 3.66. The fourth-order valence-corrected chi connectivity index (χ4v) is 3.33. The van der Waals surface area contributed by atoms with Gasteiger partial charge in [0.1, 0.15) is 30.1 Å². The van der Waals surface area contributed by atoms with E-state index in [1.54, 1.807) is 0 Å². The van der Waals surface area contributed by atoms with Crippen LogP contribution in [0.5, 0.6) is 5.75 Å². The van der Waals surface area contributed by atoms with E-state index < -0.39 is 6.10 Å². The van der Waals surface area contributed by atoms with E-state index in [0.717, 1.165) is 49.0 Å². The number of para-hydroxylation sites is 1. The van der Waals surface area contributed by atoms with Gasteiger partial charge in [-0.25, -0.2) is 4.98 Å². The van der Waals surface area contributed by atoms with Gasteiger partial charge in [0, 0.05) is 32.1 Å². The molecule has 1 aromatic heterocycles. The van der Waals surface area contributed by atoms with E-state index in [9.17, 15) is 5.11 Å². The van der Waals surface area contributed by atoms with Crippen LogP contribution in [-0.2, 0) is 12.8 Å². The molecule has 4 rings (SSSR count). The zero-order valence-corrected chi connectivity index (χ0v) is 18.4. The second kappa shape index (κ2) is 11.9. The quantitative estimate of drug-likeness (QED) is 0.583. The molecule has 6 heteroatoms. The minimum atomic E-state index is -0.533. The molecular weight excluding hydrogens is 388 g/mol. The zero-order valence-electron chi connectivity index (χ0n) is 18.4. The van der Waals surface area contributed by atoms with Gasteiger partial charge in [0.05, 0.1) is 12.2 Å². The molecule has 0 fully saturated rings. The van der Waals surface area contributed by atoms with Gasteiger partial charge in [-0.05, 0) is 24.6 Å². The molecule has 6 nitrogen and oxygen atoms in total. The lowest BCUT2D eigenvalue weighted by Gasteiger charge is -2.23. The average molecular weight is 421 g/mol. The van der Waals surface area contributed by atoms with Crippen LogP contribution in [0, 0.1) is 6.92 Å². The van der Waals surface area contributed by atoms with Gasteiger partial charge in [-0.15, -0.1) is 0 Å². The molecule has 3 aromatic rings. The number of nitrogens with one attached hydrogen (secondary N) is 1. The third kappa shape index (κ3) is 7.57. The molecule has 31 heavy (non-hydrogen) atoms. The van der Waals surface area contributed by atoms with E-state index >= 15 is 0 Å². The molecule has 0 radical (unpaired) electrons. The summed E-state index contributed by atoms with van der Waals surface area (Å²) in [5, 5.41) is 10.2. The van der Waals surface area contributed by atoms with Gasteiger partial charge in [0.25, 0.3) is 0 Å². The molecule has 0 aliphatic carbocycles. The molecule has 0 saturated carbocycles. The lowest BCUT2D eigenvalue weighted by Crippen LogP contribution is -2.38. The summed E-state index contributed by atoms with van der Waals surface area (Å²) >= 11 is 0.